The van der Waals surface area contributed by atoms with Crippen molar-refractivity contribution in [2.75, 3.05) is 13.2 Å². The van der Waals surface area contributed by atoms with E-state index in [1.54, 1.807) is 0 Å². The van der Waals surface area contributed by atoms with Crippen molar-refractivity contribution in [3.63, 3.8) is 0 Å². The highest BCUT2D eigenvalue weighted by molar-refractivity contribution is 5.71. The van der Waals surface area contributed by atoms with E-state index in [1.165, 1.54) is 38.5 Å². The largest absolute Gasteiger partial charge is 0.462 e. The van der Waals surface area contributed by atoms with Crippen molar-refractivity contribution in [3.8, 4) is 0 Å². The van der Waals surface area contributed by atoms with Crippen LogP contribution in [0.3, 0.4) is 0 Å². The van der Waals surface area contributed by atoms with Crippen molar-refractivity contribution in [1.29, 1.82) is 0 Å². The van der Waals surface area contributed by atoms with Gasteiger partial charge in [0, 0.05) is 19.3 Å². The molecule has 0 fully saturated rings. The molecule has 0 aliphatic heterocycles. The fourth-order valence-corrected chi connectivity index (χ4v) is 7.98. The van der Waals surface area contributed by atoms with Crippen LogP contribution in [0.15, 0.2) is 158 Å². The van der Waals surface area contributed by atoms with Crippen LogP contribution in [0.4, 0.5) is 0 Å². The van der Waals surface area contributed by atoms with Gasteiger partial charge in [-0.15, -0.1) is 0 Å². The van der Waals surface area contributed by atoms with Gasteiger partial charge in [-0.05, 0) is 141 Å². The number of hydrogen-bond acceptors (Lipinski definition) is 6. The SMILES string of the molecule is CC/C=C\C/C=C\C/C=C\C/C=C\C/C=C\C/C=C\C/C=C\CCCCCCCCCCCC(=O)OCC(COC(=O)CCCCC/C=C\C/C=C\C/C=C\CC)OC(=O)CCCCCCC/C=C\C/C=C\C/C=C\CC. The number of carbonyl (C=O) groups is 3. The van der Waals surface area contributed by atoms with Crippen LogP contribution in [0.1, 0.15) is 252 Å². The minimum absolute atomic E-state index is 0.104. The molecule has 6 nitrogen and oxygen atoms in total. The van der Waals surface area contributed by atoms with E-state index in [0.717, 1.165) is 173 Å². The Morgan fingerprint density at radius 2 is 0.468 bits per heavy atom. The molecule has 0 rings (SSSR count). The number of rotatable bonds is 54. The third-order valence-corrected chi connectivity index (χ3v) is 12.5. The maximum Gasteiger partial charge on any atom is 0.306 e. The zero-order valence-electron chi connectivity index (χ0n) is 49.4. The number of allylic oxidation sites excluding steroid dienone is 26. The van der Waals surface area contributed by atoms with Crippen LogP contribution in [0, 0.1) is 0 Å². The van der Waals surface area contributed by atoms with Crippen molar-refractivity contribution in [3.05, 3.63) is 158 Å². The lowest BCUT2D eigenvalue weighted by molar-refractivity contribution is -0.167. The molecule has 0 spiro atoms. The fraction of sp³-hybridized carbons (Fsp3) is 0.592. The van der Waals surface area contributed by atoms with Gasteiger partial charge in [0.2, 0.25) is 0 Å². The summed E-state index contributed by atoms with van der Waals surface area (Å²) in [5, 5.41) is 0. The second-order valence-corrected chi connectivity index (χ2v) is 19.8. The summed E-state index contributed by atoms with van der Waals surface area (Å²) in [5.74, 6) is -0.962. The van der Waals surface area contributed by atoms with Crippen LogP contribution in [0.25, 0.3) is 0 Å². The summed E-state index contributed by atoms with van der Waals surface area (Å²) >= 11 is 0. The van der Waals surface area contributed by atoms with Crippen molar-refractivity contribution < 1.29 is 28.6 Å². The number of unbranched alkanes of at least 4 members (excludes halogenated alkanes) is 17. The summed E-state index contributed by atoms with van der Waals surface area (Å²) in [6.45, 7) is 6.24. The van der Waals surface area contributed by atoms with E-state index in [4.69, 9.17) is 14.2 Å². The van der Waals surface area contributed by atoms with Crippen LogP contribution >= 0.6 is 0 Å². The number of carbonyl (C=O) groups excluding carboxylic acids is 3. The Bertz CT molecular complexity index is 1740. The molecule has 432 valence electrons. The molecular weight excluding hydrogens is 949 g/mol. The lowest BCUT2D eigenvalue weighted by Gasteiger charge is -2.18. The number of esters is 3. The predicted molar refractivity (Wildman–Crippen MR) is 334 cm³/mol. The molecule has 1 unspecified atom stereocenters. The van der Waals surface area contributed by atoms with Gasteiger partial charge in [0.25, 0.3) is 0 Å². The predicted octanol–water partition coefficient (Wildman–Crippen LogP) is 21.3. The first-order valence-corrected chi connectivity index (χ1v) is 31.0. The molecule has 0 amide bonds. The van der Waals surface area contributed by atoms with E-state index in [0.29, 0.717) is 19.3 Å². The van der Waals surface area contributed by atoms with Crippen LogP contribution in [0.5, 0.6) is 0 Å². The van der Waals surface area contributed by atoms with Crippen molar-refractivity contribution in [2.24, 2.45) is 0 Å². The van der Waals surface area contributed by atoms with Crippen molar-refractivity contribution in [2.45, 2.75) is 258 Å². The maximum atomic E-state index is 12.9. The molecule has 0 N–H and O–H groups in total. The molecule has 0 bridgehead atoms. The van der Waals surface area contributed by atoms with Gasteiger partial charge in [0.05, 0.1) is 0 Å². The highest BCUT2D eigenvalue weighted by Crippen LogP contribution is 2.14. The van der Waals surface area contributed by atoms with Gasteiger partial charge >= 0.3 is 17.9 Å². The molecule has 77 heavy (non-hydrogen) atoms. The third kappa shape index (κ3) is 61.8. The monoisotopic (exact) mass is 1060 g/mol. The molecule has 0 saturated heterocycles. The second kappa shape index (κ2) is 63.6. The van der Waals surface area contributed by atoms with Crippen LogP contribution in [-0.2, 0) is 28.6 Å². The summed E-state index contributed by atoms with van der Waals surface area (Å²) in [7, 11) is 0. The van der Waals surface area contributed by atoms with Gasteiger partial charge < -0.3 is 14.2 Å². The summed E-state index contributed by atoms with van der Waals surface area (Å²) in [5.41, 5.74) is 0. The van der Waals surface area contributed by atoms with E-state index in [9.17, 15) is 14.4 Å². The van der Waals surface area contributed by atoms with Crippen molar-refractivity contribution in [1.82, 2.24) is 0 Å². The third-order valence-electron chi connectivity index (χ3n) is 12.5. The van der Waals surface area contributed by atoms with Crippen LogP contribution in [0.2, 0.25) is 0 Å². The smallest absolute Gasteiger partial charge is 0.306 e. The van der Waals surface area contributed by atoms with E-state index in [2.05, 4.69) is 179 Å². The summed E-state index contributed by atoms with van der Waals surface area (Å²) in [6, 6.07) is 0. The lowest BCUT2D eigenvalue weighted by atomic mass is 10.1. The van der Waals surface area contributed by atoms with Gasteiger partial charge in [-0.3, -0.25) is 14.4 Å². The van der Waals surface area contributed by atoms with E-state index in [-0.39, 0.29) is 31.1 Å². The van der Waals surface area contributed by atoms with Gasteiger partial charge in [0.15, 0.2) is 6.10 Å². The zero-order chi connectivity index (χ0) is 55.7. The lowest BCUT2D eigenvalue weighted by Crippen LogP contribution is -2.30. The molecule has 6 heteroatoms. The Morgan fingerprint density at radius 3 is 0.740 bits per heavy atom. The first-order chi connectivity index (χ1) is 38.0. The molecule has 0 aromatic rings. The summed E-state index contributed by atoms with van der Waals surface area (Å²) < 4.78 is 16.8. The Hall–Kier alpha value is -4.97. The highest BCUT2D eigenvalue weighted by atomic mass is 16.6. The van der Waals surface area contributed by atoms with Gasteiger partial charge in [0.1, 0.15) is 13.2 Å². The molecular formula is C71H112O6. The molecule has 0 aliphatic rings. The second-order valence-electron chi connectivity index (χ2n) is 19.8. The van der Waals surface area contributed by atoms with E-state index < -0.39 is 6.10 Å². The Morgan fingerprint density at radius 1 is 0.260 bits per heavy atom. The fourth-order valence-electron chi connectivity index (χ4n) is 7.98. The van der Waals surface area contributed by atoms with Gasteiger partial charge in [-0.1, -0.05) is 249 Å². The summed E-state index contributed by atoms with van der Waals surface area (Å²) in [4.78, 5) is 38.2. The molecule has 0 aliphatic carbocycles. The Labute approximate surface area is 473 Å². The normalized spacial score (nSPS) is 13.2. The van der Waals surface area contributed by atoms with Crippen LogP contribution < -0.4 is 0 Å². The average molecular weight is 1060 g/mol. The molecule has 1 atom stereocenters. The van der Waals surface area contributed by atoms with Crippen LogP contribution in [-0.4, -0.2) is 37.2 Å². The zero-order valence-corrected chi connectivity index (χ0v) is 49.4. The standard InChI is InChI=1S/C71H112O6/c1-4-7-10-13-16-19-22-25-27-28-29-30-31-32-33-34-35-36-37-38-39-40-41-42-44-46-49-52-55-58-61-64-70(73)76-67-68(66-75-69(72)63-60-57-54-51-48-45-24-21-18-15-12-9-6-3)77-71(74)65-62-59-56-53-50-47-43-26-23-20-17-14-11-8-5-2/h7-12,16-21,25-27,29-30,32-33,35-36,38-39,43,45,48,68H,4-6,13-15,22-24,28,31,34,37,40-42,44,46-47,49-67H2,1-3H3/b10-7-,11-8-,12-9-,19-16-,20-17-,21-18-,27-25-,30-29-,33-32-,36-35-,39-38-,43-26-,48-45-. The molecule has 0 radical (unpaired) electrons. The molecule has 0 heterocycles. The minimum Gasteiger partial charge on any atom is -0.462 e. The van der Waals surface area contributed by atoms with Gasteiger partial charge in [-0.25, -0.2) is 0 Å². The Balaban J connectivity index is 4.32. The average Bonchev–Trinajstić information content (AvgIpc) is 3.43. The maximum absolute atomic E-state index is 12.9. The summed E-state index contributed by atoms with van der Waals surface area (Å²) in [6.07, 6.45) is 92.5. The van der Waals surface area contributed by atoms with Gasteiger partial charge in [-0.2, -0.15) is 0 Å². The van der Waals surface area contributed by atoms with E-state index in [1.807, 2.05) is 0 Å². The molecule has 0 aromatic heterocycles. The topological polar surface area (TPSA) is 78.9 Å². The highest BCUT2D eigenvalue weighted by Gasteiger charge is 2.19. The molecule has 0 saturated carbocycles. The van der Waals surface area contributed by atoms with Crippen molar-refractivity contribution >= 4 is 17.9 Å². The first kappa shape index (κ1) is 72.0. The number of hydrogen-bond donors (Lipinski definition) is 0. The quantitative estimate of drug-likeness (QED) is 0.0261. The first-order valence-electron chi connectivity index (χ1n) is 31.0. The van der Waals surface area contributed by atoms with E-state index >= 15 is 0 Å². The minimum atomic E-state index is -0.809. The Kier molecular flexibility index (Phi) is 59.5. The molecule has 0 aromatic carbocycles. The number of ether oxygens (including phenoxy) is 3.